The topological polar surface area (TPSA) is 47.6 Å². The fourth-order valence-corrected chi connectivity index (χ4v) is 2.35. The van der Waals surface area contributed by atoms with Gasteiger partial charge in [0.25, 0.3) is 0 Å². The van der Waals surface area contributed by atoms with Crippen molar-refractivity contribution >= 4 is 11.6 Å². The Kier molecular flexibility index (Phi) is 6.65. The van der Waals surface area contributed by atoms with Crippen molar-refractivity contribution in [1.29, 1.82) is 0 Å². The highest BCUT2D eigenvalue weighted by molar-refractivity contribution is 5.91. The van der Waals surface area contributed by atoms with Gasteiger partial charge in [0, 0.05) is 12.1 Å². The van der Waals surface area contributed by atoms with E-state index >= 15 is 0 Å². The molecule has 0 radical (unpaired) electrons. The van der Waals surface area contributed by atoms with E-state index in [4.69, 9.17) is 9.47 Å². The molecule has 27 heavy (non-hydrogen) atoms. The second-order valence-electron chi connectivity index (χ2n) is 5.90. The molecule has 0 heterocycles. The minimum Gasteiger partial charge on any atom is -0.493 e. The fraction of sp³-hybridized carbons (Fsp3) is 0.316. The summed E-state index contributed by atoms with van der Waals surface area (Å²) in [4.78, 5) is 12.1. The zero-order chi connectivity index (χ0) is 20.0. The number of anilines is 1. The molecule has 0 fully saturated rings. The van der Waals surface area contributed by atoms with E-state index in [9.17, 15) is 22.4 Å². The van der Waals surface area contributed by atoms with Gasteiger partial charge in [-0.15, -0.1) is 0 Å². The summed E-state index contributed by atoms with van der Waals surface area (Å²) in [5, 5.41) is 2.64. The molecule has 8 heteroatoms. The minimum atomic E-state index is -4.45. The molecule has 2 aromatic rings. The van der Waals surface area contributed by atoms with Gasteiger partial charge in [-0.2, -0.15) is 13.2 Å². The van der Waals surface area contributed by atoms with Crippen molar-refractivity contribution in [1.82, 2.24) is 0 Å². The Labute approximate surface area is 154 Å². The van der Waals surface area contributed by atoms with Crippen LogP contribution in [0, 0.1) is 12.7 Å². The lowest BCUT2D eigenvalue weighted by Gasteiger charge is -2.13. The molecule has 0 atom stereocenters. The van der Waals surface area contributed by atoms with Crippen LogP contribution in [0.2, 0.25) is 0 Å². The summed E-state index contributed by atoms with van der Waals surface area (Å²) in [6, 6.07) is 8.56. The highest BCUT2D eigenvalue weighted by atomic mass is 19.4. The summed E-state index contributed by atoms with van der Waals surface area (Å²) >= 11 is 0. The number of hydrogen-bond donors (Lipinski definition) is 1. The largest absolute Gasteiger partial charge is 0.493 e. The Morgan fingerprint density at radius 1 is 1.11 bits per heavy atom. The number of halogens is 4. The number of benzene rings is 2. The van der Waals surface area contributed by atoms with Crippen molar-refractivity contribution in [3.8, 4) is 11.5 Å². The molecule has 0 aliphatic rings. The van der Waals surface area contributed by atoms with Gasteiger partial charge in [0.2, 0.25) is 5.91 Å². The predicted octanol–water partition coefficient (Wildman–Crippen LogP) is 4.66. The molecule has 2 aromatic carbocycles. The average molecular weight is 385 g/mol. The van der Waals surface area contributed by atoms with Gasteiger partial charge in [-0.05, 0) is 48.7 Å². The van der Waals surface area contributed by atoms with E-state index < -0.39 is 18.6 Å². The SMILES string of the molecule is COc1cc(CCC(=O)Nc2cc(F)ccc2C)ccc1OCC(F)(F)F. The third-order valence-corrected chi connectivity index (χ3v) is 3.73. The Balaban J connectivity index is 1.96. The van der Waals surface area contributed by atoms with Crippen LogP contribution in [0.15, 0.2) is 36.4 Å². The molecule has 1 N–H and O–H groups in total. The van der Waals surface area contributed by atoms with Crippen LogP contribution in [0.1, 0.15) is 17.5 Å². The molecular weight excluding hydrogens is 366 g/mol. The van der Waals surface area contributed by atoms with Crippen molar-refractivity contribution in [3.05, 3.63) is 53.3 Å². The number of hydrogen-bond acceptors (Lipinski definition) is 3. The quantitative estimate of drug-likeness (QED) is 0.706. The van der Waals surface area contributed by atoms with Crippen LogP contribution < -0.4 is 14.8 Å². The Morgan fingerprint density at radius 2 is 1.85 bits per heavy atom. The summed E-state index contributed by atoms with van der Waals surface area (Å²) in [5.74, 6) is -0.633. The number of rotatable bonds is 7. The van der Waals surface area contributed by atoms with E-state index in [1.165, 1.54) is 31.4 Å². The summed E-state index contributed by atoms with van der Waals surface area (Å²) in [5.41, 5.74) is 1.82. The van der Waals surface area contributed by atoms with Crippen LogP contribution >= 0.6 is 0 Å². The van der Waals surface area contributed by atoms with E-state index in [1.54, 1.807) is 19.1 Å². The van der Waals surface area contributed by atoms with E-state index in [0.29, 0.717) is 17.7 Å². The molecule has 0 aliphatic carbocycles. The van der Waals surface area contributed by atoms with Crippen LogP contribution in [-0.2, 0) is 11.2 Å². The molecule has 0 aliphatic heterocycles. The van der Waals surface area contributed by atoms with Gasteiger partial charge in [-0.1, -0.05) is 12.1 Å². The summed E-state index contributed by atoms with van der Waals surface area (Å²) < 4.78 is 59.8. The van der Waals surface area contributed by atoms with Crippen molar-refractivity contribution in [2.24, 2.45) is 0 Å². The maximum atomic E-state index is 13.3. The number of amides is 1. The highest BCUT2D eigenvalue weighted by Crippen LogP contribution is 2.30. The Hall–Kier alpha value is -2.77. The maximum absolute atomic E-state index is 13.3. The highest BCUT2D eigenvalue weighted by Gasteiger charge is 2.29. The second kappa shape index (κ2) is 8.75. The molecule has 4 nitrogen and oxygen atoms in total. The number of methoxy groups -OCH3 is 1. The zero-order valence-corrected chi connectivity index (χ0v) is 14.8. The first-order valence-corrected chi connectivity index (χ1v) is 8.10. The Morgan fingerprint density at radius 3 is 2.52 bits per heavy atom. The van der Waals surface area contributed by atoms with Crippen molar-refractivity contribution in [3.63, 3.8) is 0 Å². The van der Waals surface area contributed by atoms with Crippen LogP contribution in [0.5, 0.6) is 11.5 Å². The van der Waals surface area contributed by atoms with Gasteiger partial charge in [-0.25, -0.2) is 4.39 Å². The van der Waals surface area contributed by atoms with Crippen LogP contribution in [0.25, 0.3) is 0 Å². The summed E-state index contributed by atoms with van der Waals surface area (Å²) in [7, 11) is 1.32. The van der Waals surface area contributed by atoms with Crippen LogP contribution in [0.4, 0.5) is 23.2 Å². The second-order valence-corrected chi connectivity index (χ2v) is 5.90. The number of alkyl halides is 3. The first kappa shape index (κ1) is 20.5. The smallest absolute Gasteiger partial charge is 0.422 e. The standard InChI is InChI=1S/C19H19F4NO3/c1-12-3-6-14(20)10-15(12)24-18(25)8-5-13-4-7-16(17(9-13)26-2)27-11-19(21,22)23/h3-4,6-7,9-10H,5,8,11H2,1-2H3,(H,24,25). The molecule has 0 bridgehead atoms. The molecule has 2 rings (SSSR count). The molecule has 1 amide bonds. The third kappa shape index (κ3) is 6.47. The van der Waals surface area contributed by atoms with E-state index in [1.807, 2.05) is 0 Å². The lowest BCUT2D eigenvalue weighted by Crippen LogP contribution is -2.19. The Bertz CT molecular complexity index is 806. The average Bonchev–Trinajstić information content (AvgIpc) is 2.61. The molecule has 0 unspecified atom stereocenters. The summed E-state index contributed by atoms with van der Waals surface area (Å²) in [6.45, 7) is 0.331. The number of aryl methyl sites for hydroxylation is 2. The molecular formula is C19H19F4NO3. The third-order valence-electron chi connectivity index (χ3n) is 3.73. The van der Waals surface area contributed by atoms with E-state index in [-0.39, 0.29) is 23.8 Å². The van der Waals surface area contributed by atoms with Crippen molar-refractivity contribution in [2.45, 2.75) is 25.9 Å². The van der Waals surface area contributed by atoms with Gasteiger partial charge in [0.05, 0.1) is 7.11 Å². The van der Waals surface area contributed by atoms with Gasteiger partial charge < -0.3 is 14.8 Å². The number of nitrogens with one attached hydrogen (secondary N) is 1. The van der Waals surface area contributed by atoms with Crippen LogP contribution in [0.3, 0.4) is 0 Å². The molecule has 0 saturated carbocycles. The maximum Gasteiger partial charge on any atom is 0.422 e. The summed E-state index contributed by atoms with van der Waals surface area (Å²) in [6.07, 6.45) is -4.01. The van der Waals surface area contributed by atoms with Gasteiger partial charge in [0.1, 0.15) is 5.82 Å². The normalized spacial score (nSPS) is 11.2. The lowest BCUT2D eigenvalue weighted by atomic mass is 10.1. The predicted molar refractivity (Wildman–Crippen MR) is 92.6 cm³/mol. The van der Waals surface area contributed by atoms with Crippen LogP contribution in [-0.4, -0.2) is 25.8 Å². The molecule has 0 spiro atoms. The van der Waals surface area contributed by atoms with E-state index in [2.05, 4.69) is 5.32 Å². The fourth-order valence-electron chi connectivity index (χ4n) is 2.35. The first-order valence-electron chi connectivity index (χ1n) is 8.10. The molecule has 0 aromatic heterocycles. The van der Waals surface area contributed by atoms with Gasteiger partial charge in [-0.3, -0.25) is 4.79 Å². The number of ether oxygens (including phenoxy) is 2. The molecule has 0 saturated heterocycles. The van der Waals surface area contributed by atoms with Gasteiger partial charge in [0.15, 0.2) is 18.1 Å². The first-order chi connectivity index (χ1) is 12.7. The molecule has 146 valence electrons. The number of carbonyl (C=O) groups excluding carboxylic acids is 1. The van der Waals surface area contributed by atoms with E-state index in [0.717, 1.165) is 5.56 Å². The zero-order valence-electron chi connectivity index (χ0n) is 14.8. The van der Waals surface area contributed by atoms with Crippen molar-refractivity contribution in [2.75, 3.05) is 19.0 Å². The minimum absolute atomic E-state index is 0.0292. The lowest BCUT2D eigenvalue weighted by molar-refractivity contribution is -0.153. The van der Waals surface area contributed by atoms with Gasteiger partial charge >= 0.3 is 6.18 Å². The number of carbonyl (C=O) groups is 1. The van der Waals surface area contributed by atoms with Crippen molar-refractivity contribution < 1.29 is 31.8 Å². The monoisotopic (exact) mass is 385 g/mol.